The van der Waals surface area contributed by atoms with Crippen LogP contribution < -0.4 is 0 Å². The van der Waals surface area contributed by atoms with Crippen LogP contribution in [0.1, 0.15) is 21.5 Å². The molecule has 3 aromatic carbocycles. The van der Waals surface area contributed by atoms with Crippen molar-refractivity contribution in [2.75, 3.05) is 0 Å². The predicted octanol–water partition coefficient (Wildman–Crippen LogP) is 7.33. The van der Waals surface area contributed by atoms with E-state index in [2.05, 4.69) is 40.2 Å². The van der Waals surface area contributed by atoms with E-state index in [4.69, 9.17) is 0 Å². The first-order valence-electron chi connectivity index (χ1n) is 8.60. The fourth-order valence-electron chi connectivity index (χ4n) is 2.46. The molecule has 0 aliphatic rings. The molecule has 0 amide bonds. The van der Waals surface area contributed by atoms with Gasteiger partial charge in [0.25, 0.3) is 0 Å². The van der Waals surface area contributed by atoms with Crippen molar-refractivity contribution >= 4 is 38.4 Å². The molecule has 0 saturated heterocycles. The summed E-state index contributed by atoms with van der Waals surface area (Å²) < 4.78 is 1.06. The van der Waals surface area contributed by atoms with E-state index in [1.165, 1.54) is 0 Å². The Morgan fingerprint density at radius 1 is 0.852 bits per heavy atom. The molecule has 1 nitrogen and oxygen atoms in total. The van der Waals surface area contributed by atoms with E-state index in [1.807, 2.05) is 73.7 Å². The number of halogens is 1. The standard InChI is InChI=1S/C24H19BrOS/c1-18-10-12-19(13-11-18)23(26)8-5-9-24(20-6-3-2-4-7-20)27-22-16-14-21(25)15-17-22/h2-17H,1H3/b8-5+,24-9-. The number of rotatable bonds is 6. The maximum absolute atomic E-state index is 12.3. The van der Waals surface area contributed by atoms with Gasteiger partial charge in [-0.3, -0.25) is 4.79 Å². The van der Waals surface area contributed by atoms with Gasteiger partial charge in [-0.05, 0) is 48.9 Å². The van der Waals surface area contributed by atoms with Crippen molar-refractivity contribution in [2.24, 2.45) is 0 Å². The Morgan fingerprint density at radius 3 is 2.19 bits per heavy atom. The van der Waals surface area contributed by atoms with Crippen molar-refractivity contribution in [1.82, 2.24) is 0 Å². The number of aryl methyl sites for hydroxylation is 1. The smallest absolute Gasteiger partial charge is 0.185 e. The predicted molar refractivity (Wildman–Crippen MR) is 119 cm³/mol. The largest absolute Gasteiger partial charge is 0.289 e. The van der Waals surface area contributed by atoms with E-state index in [1.54, 1.807) is 17.8 Å². The molecule has 0 aromatic heterocycles. The Morgan fingerprint density at radius 2 is 1.52 bits per heavy atom. The lowest BCUT2D eigenvalue weighted by Gasteiger charge is -2.07. The van der Waals surface area contributed by atoms with Crippen molar-refractivity contribution in [1.29, 1.82) is 0 Å². The van der Waals surface area contributed by atoms with Crippen LogP contribution >= 0.6 is 27.7 Å². The maximum Gasteiger partial charge on any atom is 0.185 e. The Hall–Kier alpha value is -2.36. The first-order valence-corrected chi connectivity index (χ1v) is 10.2. The molecule has 0 radical (unpaired) electrons. The van der Waals surface area contributed by atoms with E-state index in [0.717, 1.165) is 25.4 Å². The van der Waals surface area contributed by atoms with E-state index in [9.17, 15) is 4.79 Å². The summed E-state index contributed by atoms with van der Waals surface area (Å²) in [4.78, 5) is 14.6. The van der Waals surface area contributed by atoms with Gasteiger partial charge >= 0.3 is 0 Å². The maximum atomic E-state index is 12.3. The summed E-state index contributed by atoms with van der Waals surface area (Å²) in [6.45, 7) is 2.01. The molecule has 3 heteroatoms. The molecule has 3 rings (SSSR count). The second kappa shape index (κ2) is 9.54. The molecule has 134 valence electrons. The summed E-state index contributed by atoms with van der Waals surface area (Å²) in [7, 11) is 0. The Balaban J connectivity index is 1.82. The summed E-state index contributed by atoms with van der Waals surface area (Å²) in [6, 6.07) is 26.0. The van der Waals surface area contributed by atoms with Crippen LogP contribution in [-0.2, 0) is 0 Å². The summed E-state index contributed by atoms with van der Waals surface area (Å²) in [5, 5.41) is 0. The van der Waals surface area contributed by atoms with Crippen molar-refractivity contribution in [3.63, 3.8) is 0 Å². The van der Waals surface area contributed by atoms with Gasteiger partial charge in [0.15, 0.2) is 5.78 Å². The fraction of sp³-hybridized carbons (Fsp3) is 0.0417. The van der Waals surface area contributed by atoms with Crippen LogP contribution in [-0.4, -0.2) is 5.78 Å². The average Bonchev–Trinajstić information content (AvgIpc) is 2.70. The van der Waals surface area contributed by atoms with Gasteiger partial charge in [-0.25, -0.2) is 0 Å². The van der Waals surface area contributed by atoms with Gasteiger partial charge in [0, 0.05) is 19.8 Å². The van der Waals surface area contributed by atoms with Crippen LogP contribution in [0, 0.1) is 6.92 Å². The number of carbonyl (C=O) groups excluding carboxylic acids is 1. The van der Waals surface area contributed by atoms with Crippen LogP contribution in [0.5, 0.6) is 0 Å². The summed E-state index contributed by atoms with van der Waals surface area (Å²) >= 11 is 5.15. The lowest BCUT2D eigenvalue weighted by molar-refractivity contribution is 0.104. The molecule has 0 aliphatic carbocycles. The third-order valence-corrected chi connectivity index (χ3v) is 5.56. The zero-order chi connectivity index (χ0) is 19.1. The summed E-state index contributed by atoms with van der Waals surface area (Å²) in [5.74, 6) is 0.00676. The average molecular weight is 435 g/mol. The number of thioether (sulfide) groups is 1. The van der Waals surface area contributed by atoms with E-state index < -0.39 is 0 Å². The molecule has 0 fully saturated rings. The van der Waals surface area contributed by atoms with Gasteiger partial charge in [-0.1, -0.05) is 93.9 Å². The van der Waals surface area contributed by atoms with Gasteiger partial charge < -0.3 is 0 Å². The lowest BCUT2D eigenvalue weighted by atomic mass is 10.1. The first kappa shape index (κ1) is 19.4. The van der Waals surface area contributed by atoms with E-state index in [0.29, 0.717) is 5.56 Å². The van der Waals surface area contributed by atoms with Crippen LogP contribution in [0.15, 0.2) is 106 Å². The highest BCUT2D eigenvalue weighted by Gasteiger charge is 2.04. The Kier molecular flexibility index (Phi) is 6.86. The molecule has 3 aromatic rings. The molecule has 0 atom stereocenters. The molecule has 0 aliphatic heterocycles. The molecule has 27 heavy (non-hydrogen) atoms. The van der Waals surface area contributed by atoms with Gasteiger partial charge in [-0.15, -0.1) is 0 Å². The van der Waals surface area contributed by atoms with E-state index in [-0.39, 0.29) is 5.78 Å². The molecular formula is C24H19BrOS. The molecule has 0 unspecified atom stereocenters. The molecule has 0 saturated carbocycles. The minimum atomic E-state index is 0.00676. The summed E-state index contributed by atoms with van der Waals surface area (Å²) in [6.07, 6.45) is 5.44. The Labute approximate surface area is 173 Å². The minimum absolute atomic E-state index is 0.00676. The third kappa shape index (κ3) is 5.81. The zero-order valence-corrected chi connectivity index (χ0v) is 17.3. The van der Waals surface area contributed by atoms with E-state index >= 15 is 0 Å². The molecular weight excluding hydrogens is 416 g/mol. The van der Waals surface area contributed by atoms with Crippen LogP contribution in [0.2, 0.25) is 0 Å². The zero-order valence-electron chi connectivity index (χ0n) is 14.9. The van der Waals surface area contributed by atoms with Gasteiger partial charge in [0.05, 0.1) is 0 Å². The highest BCUT2D eigenvalue weighted by atomic mass is 79.9. The number of ketones is 1. The second-order valence-corrected chi connectivity index (χ2v) is 8.07. The SMILES string of the molecule is Cc1ccc(C(=O)/C=C/C=C(\Sc2ccc(Br)cc2)c2ccccc2)cc1. The number of allylic oxidation sites excluding steroid dienone is 3. The molecule has 0 heterocycles. The van der Waals surface area contributed by atoms with Gasteiger partial charge in [0.2, 0.25) is 0 Å². The number of benzene rings is 3. The monoisotopic (exact) mass is 434 g/mol. The molecule has 0 N–H and O–H groups in total. The first-order chi connectivity index (χ1) is 13.1. The normalized spacial score (nSPS) is 11.7. The van der Waals surface area contributed by atoms with Gasteiger partial charge in [-0.2, -0.15) is 0 Å². The second-order valence-electron chi connectivity index (χ2n) is 6.04. The van der Waals surface area contributed by atoms with Gasteiger partial charge in [0.1, 0.15) is 0 Å². The molecule has 0 spiro atoms. The van der Waals surface area contributed by atoms with Crippen molar-refractivity contribution < 1.29 is 4.79 Å². The van der Waals surface area contributed by atoms with Crippen molar-refractivity contribution in [2.45, 2.75) is 11.8 Å². The fourth-order valence-corrected chi connectivity index (χ4v) is 3.65. The van der Waals surface area contributed by atoms with Crippen molar-refractivity contribution in [3.8, 4) is 0 Å². The molecule has 0 bridgehead atoms. The number of carbonyl (C=O) groups is 1. The van der Waals surface area contributed by atoms with Crippen molar-refractivity contribution in [3.05, 3.63) is 118 Å². The van der Waals surface area contributed by atoms with Crippen LogP contribution in [0.4, 0.5) is 0 Å². The minimum Gasteiger partial charge on any atom is -0.289 e. The highest BCUT2D eigenvalue weighted by molar-refractivity contribution is 9.10. The highest BCUT2D eigenvalue weighted by Crippen LogP contribution is 2.34. The van der Waals surface area contributed by atoms with Crippen LogP contribution in [0.3, 0.4) is 0 Å². The summed E-state index contributed by atoms with van der Waals surface area (Å²) in [5.41, 5.74) is 2.97. The Bertz CT molecular complexity index is 956. The lowest BCUT2D eigenvalue weighted by Crippen LogP contribution is -1.93. The third-order valence-electron chi connectivity index (χ3n) is 3.93. The quantitative estimate of drug-likeness (QED) is 0.175. The topological polar surface area (TPSA) is 17.1 Å². The number of hydrogen-bond donors (Lipinski definition) is 0. The van der Waals surface area contributed by atoms with Crippen LogP contribution in [0.25, 0.3) is 4.91 Å². The number of hydrogen-bond acceptors (Lipinski definition) is 2.